The molecule has 3 rings (SSSR count). The van der Waals surface area contributed by atoms with E-state index in [1.165, 1.54) is 17.2 Å². The molecule has 0 spiro atoms. The Morgan fingerprint density at radius 2 is 1.81 bits per heavy atom. The van der Waals surface area contributed by atoms with Gasteiger partial charge in [-0.3, -0.25) is 4.90 Å². The number of nitrogens with zero attached hydrogens (tertiary/aromatic N) is 1. The van der Waals surface area contributed by atoms with Crippen LogP contribution in [0.4, 0.5) is 19.3 Å². The van der Waals surface area contributed by atoms with Crippen molar-refractivity contribution in [3.63, 3.8) is 0 Å². The third-order valence-electron chi connectivity index (χ3n) is 5.86. The average molecular weight is 446 g/mol. The molecular weight excluding hydrogens is 413 g/mol. The lowest BCUT2D eigenvalue weighted by atomic mass is 9.77. The first kappa shape index (κ1) is 25.8. The zero-order valence-corrected chi connectivity index (χ0v) is 20.0. The number of nitrogens with one attached hydrogen (secondary N) is 1. The molecule has 0 atom stereocenters. The molecule has 0 aromatic heterocycles. The molecule has 32 heavy (non-hydrogen) atoms. The Kier molecular flexibility index (Phi) is 8.43. The van der Waals surface area contributed by atoms with Gasteiger partial charge >= 0.3 is 13.1 Å². The van der Waals surface area contributed by atoms with Crippen LogP contribution < -0.4 is 15.7 Å². The number of allylic oxidation sites excluding steroid dienone is 4. The summed E-state index contributed by atoms with van der Waals surface area (Å²) >= 11 is 0. The van der Waals surface area contributed by atoms with E-state index in [1.807, 2.05) is 41.5 Å². The molecule has 1 N–H and O–H groups in total. The van der Waals surface area contributed by atoms with Gasteiger partial charge in [-0.25, -0.2) is 13.6 Å². The molecule has 174 valence electrons. The molecule has 2 heterocycles. The van der Waals surface area contributed by atoms with E-state index in [2.05, 4.69) is 5.32 Å². The summed E-state index contributed by atoms with van der Waals surface area (Å²) in [6.07, 6.45) is 6.80. The van der Waals surface area contributed by atoms with Crippen molar-refractivity contribution in [1.82, 2.24) is 5.32 Å². The Morgan fingerprint density at radius 3 is 2.41 bits per heavy atom. The largest absolute Gasteiger partial charge is 0.497 e. The van der Waals surface area contributed by atoms with Crippen molar-refractivity contribution < 1.29 is 22.9 Å². The minimum Gasteiger partial charge on any atom is -0.399 e. The number of amides is 2. The van der Waals surface area contributed by atoms with E-state index in [9.17, 15) is 9.18 Å². The minimum absolute atomic E-state index is 0.344. The fraction of sp³-hybridized carbons (Fsp3) is 0.458. The van der Waals surface area contributed by atoms with Gasteiger partial charge in [0.2, 0.25) is 0 Å². The third-order valence-corrected chi connectivity index (χ3v) is 5.86. The zero-order valence-electron chi connectivity index (χ0n) is 20.0. The highest BCUT2D eigenvalue weighted by Crippen LogP contribution is 2.37. The second kappa shape index (κ2) is 10.4. The molecule has 8 heteroatoms. The molecule has 5 nitrogen and oxygen atoms in total. The first-order valence-electron chi connectivity index (χ1n) is 10.9. The van der Waals surface area contributed by atoms with E-state index >= 15 is 4.39 Å². The highest BCUT2D eigenvalue weighted by molar-refractivity contribution is 6.62. The van der Waals surface area contributed by atoms with Crippen molar-refractivity contribution in [3.05, 3.63) is 59.8 Å². The fourth-order valence-electron chi connectivity index (χ4n) is 3.39. The SMILES string of the molecule is CC.CC(/C=C\NC(=O)N1CCc2c1ccc(B1OC(C)(C)C(C)(C)O1)c2F)=C/C=C/F. The van der Waals surface area contributed by atoms with Crippen LogP contribution in [-0.2, 0) is 15.7 Å². The summed E-state index contributed by atoms with van der Waals surface area (Å²) in [5, 5.41) is 2.66. The lowest BCUT2D eigenvalue weighted by molar-refractivity contribution is 0.00578. The summed E-state index contributed by atoms with van der Waals surface area (Å²) in [4.78, 5) is 14.0. The fourth-order valence-corrected chi connectivity index (χ4v) is 3.39. The predicted molar refractivity (Wildman–Crippen MR) is 126 cm³/mol. The second-order valence-corrected chi connectivity index (χ2v) is 8.47. The number of fused-ring (bicyclic) bond motifs is 1. The number of carbonyl (C=O) groups is 1. The van der Waals surface area contributed by atoms with Crippen LogP contribution in [0.25, 0.3) is 0 Å². The van der Waals surface area contributed by atoms with Crippen molar-refractivity contribution in [3.8, 4) is 0 Å². The van der Waals surface area contributed by atoms with E-state index in [0.29, 0.717) is 36.0 Å². The molecule has 1 saturated heterocycles. The van der Waals surface area contributed by atoms with Gasteiger partial charge in [-0.2, -0.15) is 0 Å². The van der Waals surface area contributed by atoms with Crippen molar-refractivity contribution in [2.75, 3.05) is 11.4 Å². The maximum Gasteiger partial charge on any atom is 0.497 e. The molecule has 2 aliphatic rings. The van der Waals surface area contributed by atoms with Gasteiger partial charge in [0.05, 0.1) is 23.2 Å². The molecule has 2 aliphatic heterocycles. The Labute approximate surface area is 190 Å². The Bertz CT molecular complexity index is 910. The number of carbonyl (C=O) groups excluding carboxylic acids is 1. The number of benzene rings is 1. The van der Waals surface area contributed by atoms with Gasteiger partial charge in [0.25, 0.3) is 0 Å². The summed E-state index contributed by atoms with van der Waals surface area (Å²) in [6, 6.07) is 2.99. The van der Waals surface area contributed by atoms with Crippen molar-refractivity contribution >= 4 is 24.3 Å². The van der Waals surface area contributed by atoms with Gasteiger partial charge in [-0.15, -0.1) is 0 Å². The molecule has 0 bridgehead atoms. The molecule has 2 amide bonds. The smallest absolute Gasteiger partial charge is 0.399 e. The Morgan fingerprint density at radius 1 is 1.19 bits per heavy atom. The van der Waals surface area contributed by atoms with Crippen LogP contribution in [0.15, 0.2) is 48.5 Å². The molecule has 0 unspecified atom stereocenters. The quantitative estimate of drug-likeness (QED) is 0.513. The van der Waals surface area contributed by atoms with Gasteiger partial charge in [0, 0.05) is 23.8 Å². The molecule has 1 aromatic carbocycles. The number of urea groups is 1. The monoisotopic (exact) mass is 446 g/mol. The van der Waals surface area contributed by atoms with Crippen LogP contribution in [0, 0.1) is 5.82 Å². The van der Waals surface area contributed by atoms with Crippen LogP contribution in [0.1, 0.15) is 54.0 Å². The van der Waals surface area contributed by atoms with Gasteiger partial charge in [0.15, 0.2) is 0 Å². The summed E-state index contributed by atoms with van der Waals surface area (Å²) < 4.78 is 39.2. The lowest BCUT2D eigenvalue weighted by Crippen LogP contribution is -2.41. The van der Waals surface area contributed by atoms with Gasteiger partial charge in [0.1, 0.15) is 5.82 Å². The highest BCUT2D eigenvalue weighted by atomic mass is 19.1. The second-order valence-electron chi connectivity index (χ2n) is 8.47. The van der Waals surface area contributed by atoms with E-state index in [-0.39, 0.29) is 6.03 Å². The number of hydrogen-bond donors (Lipinski definition) is 1. The molecule has 1 aromatic rings. The first-order valence-corrected chi connectivity index (χ1v) is 10.9. The van der Waals surface area contributed by atoms with Crippen LogP contribution >= 0.6 is 0 Å². The van der Waals surface area contributed by atoms with Gasteiger partial charge in [-0.05, 0) is 64.8 Å². The van der Waals surface area contributed by atoms with Crippen molar-refractivity contribution in [2.45, 2.75) is 66.1 Å². The van der Waals surface area contributed by atoms with Crippen LogP contribution in [0.2, 0.25) is 0 Å². The van der Waals surface area contributed by atoms with E-state index in [0.717, 1.165) is 5.57 Å². The van der Waals surface area contributed by atoms with Crippen LogP contribution in [0.5, 0.6) is 0 Å². The molecule has 0 aliphatic carbocycles. The van der Waals surface area contributed by atoms with E-state index in [1.54, 1.807) is 31.2 Å². The lowest BCUT2D eigenvalue weighted by Gasteiger charge is -2.32. The Balaban J connectivity index is 0.00000176. The number of rotatable bonds is 4. The third kappa shape index (κ3) is 5.30. The van der Waals surface area contributed by atoms with E-state index in [4.69, 9.17) is 9.31 Å². The van der Waals surface area contributed by atoms with Crippen molar-refractivity contribution in [1.29, 1.82) is 0 Å². The maximum absolute atomic E-state index is 15.3. The molecular formula is C24H33BF2N2O3. The molecule has 1 fully saturated rings. The maximum atomic E-state index is 15.3. The predicted octanol–water partition coefficient (Wildman–Crippen LogP) is 5.17. The van der Waals surface area contributed by atoms with Crippen LogP contribution in [-0.4, -0.2) is 30.9 Å². The Hall–Kier alpha value is -2.45. The van der Waals surface area contributed by atoms with Crippen molar-refractivity contribution in [2.24, 2.45) is 0 Å². The van der Waals surface area contributed by atoms with Gasteiger partial charge < -0.3 is 14.6 Å². The summed E-state index contributed by atoms with van der Waals surface area (Å²) in [5.41, 5.74) is 0.999. The van der Waals surface area contributed by atoms with E-state index < -0.39 is 24.1 Å². The topological polar surface area (TPSA) is 50.8 Å². The summed E-state index contributed by atoms with van der Waals surface area (Å²) in [6.45, 7) is 13.8. The standard InChI is InChI=1S/C22H27BF2N2O3.C2H6/c1-15(7-6-12-24)10-13-26-20(28)27-14-11-16-18(27)9-8-17(19(16)25)23-29-21(2,3)22(4,5)30-23;1-2/h6-10,12-13H,11,14H2,1-5H3,(H,26,28);1-2H3/b12-6+,13-10-,15-7-;. The summed E-state index contributed by atoms with van der Waals surface area (Å²) in [5.74, 6) is -0.395. The number of anilines is 1. The zero-order chi connectivity index (χ0) is 24.1. The number of halogens is 2. The summed E-state index contributed by atoms with van der Waals surface area (Å²) in [7, 11) is -0.792. The van der Waals surface area contributed by atoms with Crippen LogP contribution in [0.3, 0.4) is 0 Å². The first-order chi connectivity index (χ1) is 15.1. The molecule has 0 saturated carbocycles. The van der Waals surface area contributed by atoms with Gasteiger partial charge in [-0.1, -0.05) is 26.0 Å². The highest BCUT2D eigenvalue weighted by Gasteiger charge is 2.52. The minimum atomic E-state index is -0.792. The average Bonchev–Trinajstić information content (AvgIpc) is 3.26. The number of hydrogen-bond acceptors (Lipinski definition) is 3. The normalized spacial score (nSPS) is 19.3. The molecule has 0 radical (unpaired) electrons.